The van der Waals surface area contributed by atoms with Gasteiger partial charge in [0, 0.05) is 18.7 Å². The first-order valence-electron chi connectivity index (χ1n) is 4.15. The van der Waals surface area contributed by atoms with Gasteiger partial charge in [0.1, 0.15) is 6.67 Å². The summed E-state index contributed by atoms with van der Waals surface area (Å²) in [5.74, 6) is 0.380. The lowest BCUT2D eigenvalue weighted by Crippen LogP contribution is -2.10. The van der Waals surface area contributed by atoms with Gasteiger partial charge in [0.25, 0.3) is 0 Å². The largest absolute Gasteiger partial charge is 0.309 e. The lowest BCUT2D eigenvalue weighted by Gasteiger charge is -1.97. The maximum atomic E-state index is 11.9. The van der Waals surface area contributed by atoms with Crippen LogP contribution >= 0.6 is 0 Å². The molecule has 0 saturated heterocycles. The number of anilines is 1. The molecular formula is C8H12FN3O. The topological polar surface area (TPSA) is 46.9 Å². The number of carbonyl (C=O) groups excluding carboxylic acids is 1. The third-order valence-corrected chi connectivity index (χ3v) is 1.54. The molecule has 72 valence electrons. The average Bonchev–Trinajstić information content (AvgIpc) is 2.53. The van der Waals surface area contributed by atoms with Crippen LogP contribution in [0.5, 0.6) is 0 Å². The van der Waals surface area contributed by atoms with Crippen molar-refractivity contribution in [2.24, 2.45) is 0 Å². The summed E-state index contributed by atoms with van der Waals surface area (Å²) >= 11 is 0. The third kappa shape index (κ3) is 2.85. The summed E-state index contributed by atoms with van der Waals surface area (Å²) in [6.07, 6.45) is 2.04. The number of hydrogen-bond donors (Lipinski definition) is 1. The van der Waals surface area contributed by atoms with E-state index in [1.165, 1.54) is 4.68 Å². The Balaban J connectivity index is 2.53. The fourth-order valence-corrected chi connectivity index (χ4v) is 0.871. The van der Waals surface area contributed by atoms with Gasteiger partial charge >= 0.3 is 0 Å². The zero-order chi connectivity index (χ0) is 9.68. The van der Waals surface area contributed by atoms with E-state index in [1.54, 1.807) is 19.2 Å². The number of rotatable bonds is 4. The molecule has 0 saturated carbocycles. The molecule has 0 bridgehead atoms. The first-order chi connectivity index (χ1) is 6.26. The Morgan fingerprint density at radius 3 is 3.15 bits per heavy atom. The molecule has 0 spiro atoms. The van der Waals surface area contributed by atoms with E-state index in [0.29, 0.717) is 12.2 Å². The Morgan fingerprint density at radius 2 is 2.54 bits per heavy atom. The molecule has 0 aliphatic carbocycles. The van der Waals surface area contributed by atoms with Gasteiger partial charge in [0.15, 0.2) is 5.82 Å². The summed E-state index contributed by atoms with van der Waals surface area (Å²) < 4.78 is 13.3. The number of hydrogen-bond acceptors (Lipinski definition) is 2. The lowest BCUT2D eigenvalue weighted by atomic mass is 10.4. The predicted molar refractivity (Wildman–Crippen MR) is 47.1 cm³/mol. The van der Waals surface area contributed by atoms with E-state index in [4.69, 9.17) is 0 Å². The zero-order valence-electron chi connectivity index (χ0n) is 7.46. The zero-order valence-corrected chi connectivity index (χ0v) is 7.46. The van der Waals surface area contributed by atoms with Crippen molar-refractivity contribution in [2.75, 3.05) is 12.0 Å². The summed E-state index contributed by atoms with van der Waals surface area (Å²) in [7, 11) is 0. The van der Waals surface area contributed by atoms with E-state index in [0.717, 1.165) is 0 Å². The second-order valence-electron chi connectivity index (χ2n) is 2.55. The van der Waals surface area contributed by atoms with E-state index in [9.17, 15) is 9.18 Å². The molecule has 0 aromatic carbocycles. The van der Waals surface area contributed by atoms with Crippen molar-refractivity contribution < 1.29 is 9.18 Å². The highest BCUT2D eigenvalue weighted by Crippen LogP contribution is 2.02. The maximum Gasteiger partial charge on any atom is 0.225 e. The first kappa shape index (κ1) is 9.70. The van der Waals surface area contributed by atoms with Crippen LogP contribution in [0, 0.1) is 0 Å². The number of carbonyl (C=O) groups is 1. The second-order valence-corrected chi connectivity index (χ2v) is 2.55. The lowest BCUT2D eigenvalue weighted by molar-refractivity contribution is -0.115. The van der Waals surface area contributed by atoms with Crippen LogP contribution in [0.3, 0.4) is 0 Å². The number of nitrogens with zero attached hydrogens (tertiary/aromatic N) is 2. The first-order valence-corrected chi connectivity index (χ1v) is 4.15. The van der Waals surface area contributed by atoms with Crippen LogP contribution in [0.1, 0.15) is 13.3 Å². The average molecular weight is 185 g/mol. The third-order valence-electron chi connectivity index (χ3n) is 1.54. The van der Waals surface area contributed by atoms with Crippen LogP contribution in [0.25, 0.3) is 0 Å². The van der Waals surface area contributed by atoms with E-state index in [-0.39, 0.29) is 12.5 Å². The Bertz CT molecular complexity index is 285. The van der Waals surface area contributed by atoms with Gasteiger partial charge in [-0.2, -0.15) is 5.10 Å². The molecule has 1 aromatic rings. The normalized spacial score (nSPS) is 10.0. The minimum atomic E-state index is -0.456. The molecule has 0 aliphatic heterocycles. The van der Waals surface area contributed by atoms with Gasteiger partial charge in [-0.25, -0.2) is 4.39 Å². The number of aryl methyl sites for hydroxylation is 1. The van der Waals surface area contributed by atoms with Crippen LogP contribution in [0.4, 0.5) is 10.2 Å². The van der Waals surface area contributed by atoms with Gasteiger partial charge in [-0.3, -0.25) is 9.48 Å². The van der Waals surface area contributed by atoms with E-state index in [2.05, 4.69) is 10.4 Å². The highest BCUT2D eigenvalue weighted by molar-refractivity contribution is 5.89. The molecule has 0 radical (unpaired) electrons. The summed E-state index contributed by atoms with van der Waals surface area (Å²) in [5, 5.41) is 6.51. The Kier molecular flexibility index (Phi) is 3.42. The van der Waals surface area contributed by atoms with Crippen LogP contribution in [0.15, 0.2) is 12.3 Å². The molecule has 1 heterocycles. The quantitative estimate of drug-likeness (QED) is 0.766. The summed E-state index contributed by atoms with van der Waals surface area (Å²) in [4.78, 5) is 10.9. The molecule has 0 atom stereocenters. The molecule has 0 aliphatic rings. The second kappa shape index (κ2) is 4.59. The number of nitrogens with one attached hydrogen (secondary N) is 1. The highest BCUT2D eigenvalue weighted by Gasteiger charge is 2.01. The van der Waals surface area contributed by atoms with Crippen molar-refractivity contribution in [3.8, 4) is 0 Å². The Morgan fingerprint density at radius 1 is 1.77 bits per heavy atom. The number of aromatic nitrogens is 2. The molecule has 1 rings (SSSR count). The standard InChI is InChI=1S/C8H12FN3O/c1-2-8(13)10-7-3-5-12(11-7)6-4-9/h3,5H,2,4,6H2,1H3,(H,10,11,13). The van der Waals surface area contributed by atoms with Gasteiger partial charge < -0.3 is 5.32 Å². The molecule has 4 nitrogen and oxygen atoms in total. The van der Waals surface area contributed by atoms with Gasteiger partial charge in [-0.15, -0.1) is 0 Å². The molecule has 0 unspecified atom stereocenters. The van der Waals surface area contributed by atoms with E-state index in [1.807, 2.05) is 0 Å². The molecule has 1 amide bonds. The van der Waals surface area contributed by atoms with Crippen molar-refractivity contribution in [3.63, 3.8) is 0 Å². The highest BCUT2D eigenvalue weighted by atomic mass is 19.1. The monoisotopic (exact) mass is 185 g/mol. The Labute approximate surface area is 75.7 Å². The molecule has 13 heavy (non-hydrogen) atoms. The minimum Gasteiger partial charge on any atom is -0.309 e. The van der Waals surface area contributed by atoms with Gasteiger partial charge in [-0.05, 0) is 0 Å². The molecule has 5 heteroatoms. The SMILES string of the molecule is CCC(=O)Nc1ccn(CCF)n1. The number of amides is 1. The predicted octanol–water partition coefficient (Wildman–Crippen LogP) is 1.20. The number of halogens is 1. The fourth-order valence-electron chi connectivity index (χ4n) is 0.871. The molecule has 1 aromatic heterocycles. The molecule has 0 fully saturated rings. The van der Waals surface area contributed by atoms with E-state index >= 15 is 0 Å². The fraction of sp³-hybridized carbons (Fsp3) is 0.500. The summed E-state index contributed by atoms with van der Waals surface area (Å²) in [6, 6.07) is 1.64. The van der Waals surface area contributed by atoms with E-state index < -0.39 is 6.67 Å². The summed E-state index contributed by atoms with van der Waals surface area (Å²) in [5.41, 5.74) is 0. The van der Waals surface area contributed by atoms with Crippen molar-refractivity contribution in [1.29, 1.82) is 0 Å². The van der Waals surface area contributed by atoms with Crippen molar-refractivity contribution >= 4 is 11.7 Å². The van der Waals surface area contributed by atoms with Crippen LogP contribution < -0.4 is 5.32 Å². The van der Waals surface area contributed by atoms with Crippen LogP contribution in [0.2, 0.25) is 0 Å². The van der Waals surface area contributed by atoms with Gasteiger partial charge in [0.2, 0.25) is 5.91 Å². The van der Waals surface area contributed by atoms with Gasteiger partial charge in [0.05, 0.1) is 6.54 Å². The van der Waals surface area contributed by atoms with Crippen molar-refractivity contribution in [1.82, 2.24) is 9.78 Å². The number of alkyl halides is 1. The Hall–Kier alpha value is -1.39. The van der Waals surface area contributed by atoms with Crippen molar-refractivity contribution in [3.05, 3.63) is 12.3 Å². The smallest absolute Gasteiger partial charge is 0.225 e. The maximum absolute atomic E-state index is 11.9. The molecule has 1 N–H and O–H groups in total. The molecular weight excluding hydrogens is 173 g/mol. The van der Waals surface area contributed by atoms with Crippen LogP contribution in [-0.4, -0.2) is 22.4 Å². The van der Waals surface area contributed by atoms with Crippen molar-refractivity contribution in [2.45, 2.75) is 19.9 Å². The van der Waals surface area contributed by atoms with Gasteiger partial charge in [-0.1, -0.05) is 6.92 Å². The summed E-state index contributed by atoms with van der Waals surface area (Å²) in [6.45, 7) is 1.53. The minimum absolute atomic E-state index is 0.0921. The van der Waals surface area contributed by atoms with Crippen LogP contribution in [-0.2, 0) is 11.3 Å².